The van der Waals surface area contributed by atoms with Crippen molar-refractivity contribution in [2.75, 3.05) is 0 Å². The van der Waals surface area contributed by atoms with E-state index in [2.05, 4.69) is 203 Å². The second-order valence-electron chi connectivity index (χ2n) is 16.2. The Morgan fingerprint density at radius 1 is 0.286 bits per heavy atom. The molecule has 13 rings (SSSR count). The van der Waals surface area contributed by atoms with Crippen LogP contribution >= 0.6 is 0 Å². The number of benzene rings is 9. The van der Waals surface area contributed by atoms with Crippen LogP contribution in [-0.2, 0) is 0 Å². The third-order valence-electron chi connectivity index (χ3n) is 12.6. The number of para-hydroxylation sites is 3. The van der Waals surface area contributed by atoms with Crippen molar-refractivity contribution in [3.8, 4) is 56.4 Å². The molecule has 0 N–H and O–H groups in total. The quantitative estimate of drug-likeness (QED) is 0.168. The van der Waals surface area contributed by atoms with E-state index >= 15 is 0 Å². The summed E-state index contributed by atoms with van der Waals surface area (Å²) in [5, 5.41) is 7.02. The van der Waals surface area contributed by atoms with Gasteiger partial charge in [0.15, 0.2) is 0 Å². The lowest BCUT2D eigenvalue weighted by atomic mass is 10.0. The van der Waals surface area contributed by atoms with Gasteiger partial charge in [0.2, 0.25) is 5.95 Å². The van der Waals surface area contributed by atoms with Crippen molar-refractivity contribution in [3.63, 3.8) is 0 Å². The fourth-order valence-electron chi connectivity index (χ4n) is 9.56. The lowest BCUT2D eigenvalue weighted by molar-refractivity contribution is 0.669. The molecule has 0 aliphatic heterocycles. The predicted molar refractivity (Wildman–Crippen MR) is 260 cm³/mol. The summed E-state index contributed by atoms with van der Waals surface area (Å²) in [6.45, 7) is 0. The van der Waals surface area contributed by atoms with Gasteiger partial charge in [0.25, 0.3) is 0 Å². The number of furan rings is 1. The first-order chi connectivity index (χ1) is 31.2. The predicted octanol–water partition coefficient (Wildman–Crippen LogP) is 15.2. The van der Waals surface area contributed by atoms with Gasteiger partial charge in [0, 0.05) is 49.1 Å². The van der Waals surface area contributed by atoms with Gasteiger partial charge in [-0.25, -0.2) is 9.97 Å². The van der Waals surface area contributed by atoms with E-state index in [1.807, 2.05) is 24.3 Å². The van der Waals surface area contributed by atoms with Crippen LogP contribution in [0, 0.1) is 0 Å². The van der Waals surface area contributed by atoms with Crippen LogP contribution in [-0.4, -0.2) is 19.1 Å². The third kappa shape index (κ3) is 5.71. The Labute approximate surface area is 362 Å². The molecule has 4 aromatic heterocycles. The fourth-order valence-corrected chi connectivity index (χ4v) is 9.56. The molecule has 0 unspecified atom stereocenters. The molecule has 0 radical (unpaired) electrons. The summed E-state index contributed by atoms with van der Waals surface area (Å²) in [6, 6.07) is 77.4. The summed E-state index contributed by atoms with van der Waals surface area (Å²) in [7, 11) is 0. The van der Waals surface area contributed by atoms with Crippen molar-refractivity contribution in [3.05, 3.63) is 218 Å². The molecular weight excluding hydrogens is 769 g/mol. The number of hydrogen-bond acceptors (Lipinski definition) is 3. The van der Waals surface area contributed by atoms with Crippen LogP contribution < -0.4 is 0 Å². The van der Waals surface area contributed by atoms with Gasteiger partial charge in [-0.3, -0.25) is 4.57 Å². The van der Waals surface area contributed by atoms with Crippen molar-refractivity contribution >= 4 is 65.6 Å². The van der Waals surface area contributed by atoms with E-state index in [1.165, 1.54) is 21.8 Å². The summed E-state index contributed by atoms with van der Waals surface area (Å²) < 4.78 is 10.7. The smallest absolute Gasteiger partial charge is 0.235 e. The Kier molecular flexibility index (Phi) is 7.84. The van der Waals surface area contributed by atoms with E-state index in [-0.39, 0.29) is 0 Å². The van der Waals surface area contributed by atoms with Crippen molar-refractivity contribution in [2.45, 2.75) is 0 Å². The Balaban J connectivity index is 0.915. The normalized spacial score (nSPS) is 11.8. The molecule has 0 atom stereocenters. The molecule has 5 nitrogen and oxygen atoms in total. The lowest BCUT2D eigenvalue weighted by Gasteiger charge is -2.12. The monoisotopic (exact) mass is 804 g/mol. The van der Waals surface area contributed by atoms with Gasteiger partial charge in [0.05, 0.1) is 33.5 Å². The van der Waals surface area contributed by atoms with Crippen LogP contribution in [0.3, 0.4) is 0 Å². The highest BCUT2D eigenvalue weighted by Gasteiger charge is 2.19. The van der Waals surface area contributed by atoms with Gasteiger partial charge >= 0.3 is 0 Å². The number of hydrogen-bond donors (Lipinski definition) is 0. The van der Waals surface area contributed by atoms with Gasteiger partial charge in [-0.15, -0.1) is 0 Å². The van der Waals surface area contributed by atoms with Crippen molar-refractivity contribution in [1.29, 1.82) is 0 Å². The van der Waals surface area contributed by atoms with Crippen LogP contribution in [0.1, 0.15) is 0 Å². The first kappa shape index (κ1) is 35.2. The number of rotatable bonds is 6. The molecule has 294 valence electrons. The highest BCUT2D eigenvalue weighted by atomic mass is 16.3. The topological polar surface area (TPSA) is 48.8 Å². The third-order valence-corrected chi connectivity index (χ3v) is 12.6. The zero-order valence-corrected chi connectivity index (χ0v) is 34.0. The summed E-state index contributed by atoms with van der Waals surface area (Å²) in [5.41, 5.74) is 15.9. The molecule has 0 amide bonds. The molecular formula is C58H36N4O. The maximum absolute atomic E-state index is 6.11. The summed E-state index contributed by atoms with van der Waals surface area (Å²) in [6.07, 6.45) is 0. The van der Waals surface area contributed by atoms with Crippen LogP contribution in [0.2, 0.25) is 0 Å². The van der Waals surface area contributed by atoms with Gasteiger partial charge in [0.1, 0.15) is 11.2 Å². The molecule has 0 aliphatic rings. The van der Waals surface area contributed by atoms with E-state index in [9.17, 15) is 0 Å². The molecule has 0 fully saturated rings. The molecule has 0 spiro atoms. The van der Waals surface area contributed by atoms with E-state index < -0.39 is 0 Å². The molecule has 5 heteroatoms. The summed E-state index contributed by atoms with van der Waals surface area (Å²) in [5.74, 6) is 0.643. The minimum atomic E-state index is 0.643. The minimum Gasteiger partial charge on any atom is -0.456 e. The van der Waals surface area contributed by atoms with Crippen molar-refractivity contribution in [2.24, 2.45) is 0 Å². The van der Waals surface area contributed by atoms with Crippen molar-refractivity contribution < 1.29 is 4.42 Å². The number of fused-ring (bicyclic) bond motifs is 9. The largest absolute Gasteiger partial charge is 0.456 e. The number of nitrogens with zero attached hydrogens (tertiary/aromatic N) is 4. The number of aromatic nitrogens is 4. The van der Waals surface area contributed by atoms with Gasteiger partial charge in [-0.2, -0.15) is 0 Å². The van der Waals surface area contributed by atoms with Gasteiger partial charge < -0.3 is 8.98 Å². The van der Waals surface area contributed by atoms with Crippen LogP contribution in [0.25, 0.3) is 122 Å². The van der Waals surface area contributed by atoms with Gasteiger partial charge in [-0.05, 0) is 95.1 Å². The Morgan fingerprint density at radius 2 is 0.730 bits per heavy atom. The van der Waals surface area contributed by atoms with E-state index in [0.29, 0.717) is 5.95 Å². The maximum Gasteiger partial charge on any atom is 0.235 e. The Hall–Kier alpha value is -8.54. The second-order valence-corrected chi connectivity index (χ2v) is 16.2. The molecule has 0 saturated heterocycles. The van der Waals surface area contributed by atoms with E-state index in [0.717, 1.165) is 94.2 Å². The maximum atomic E-state index is 6.11. The Bertz CT molecular complexity index is 3840. The first-order valence-corrected chi connectivity index (χ1v) is 21.3. The molecule has 9 aromatic carbocycles. The molecule has 63 heavy (non-hydrogen) atoms. The van der Waals surface area contributed by atoms with Gasteiger partial charge in [-0.1, -0.05) is 146 Å². The highest BCUT2D eigenvalue weighted by molar-refractivity contribution is 6.13. The molecule has 0 bridgehead atoms. The van der Waals surface area contributed by atoms with Crippen LogP contribution in [0.4, 0.5) is 0 Å². The minimum absolute atomic E-state index is 0.643. The molecule has 13 aromatic rings. The second kappa shape index (κ2) is 14.0. The summed E-state index contributed by atoms with van der Waals surface area (Å²) in [4.78, 5) is 10.5. The summed E-state index contributed by atoms with van der Waals surface area (Å²) >= 11 is 0. The average molecular weight is 805 g/mol. The Morgan fingerprint density at radius 3 is 1.37 bits per heavy atom. The van der Waals surface area contributed by atoms with E-state index in [1.54, 1.807) is 0 Å². The first-order valence-electron chi connectivity index (χ1n) is 21.3. The lowest BCUT2D eigenvalue weighted by Crippen LogP contribution is -2.03. The molecule has 4 heterocycles. The molecule has 0 saturated carbocycles. The van der Waals surface area contributed by atoms with Crippen LogP contribution in [0.5, 0.6) is 0 Å². The zero-order chi connectivity index (χ0) is 41.4. The standard InChI is InChI=1S/C58H36N4O/c1-3-13-38(14-4-1)50-36-51(39-15-5-2-6-16-39)60-58(59-50)62-53-21-11-8-18-45(53)48-34-42(26-31-55(48)62)41-25-30-54-47(33-41)44-17-7-10-20-52(44)61(54)43-28-23-37(24-29-43)40-27-32-57-49(35-40)46-19-9-12-22-56(46)63-57/h1-36H. The van der Waals surface area contributed by atoms with Crippen LogP contribution in [0.15, 0.2) is 223 Å². The highest BCUT2D eigenvalue weighted by Crippen LogP contribution is 2.39. The van der Waals surface area contributed by atoms with E-state index in [4.69, 9.17) is 14.4 Å². The zero-order valence-electron chi connectivity index (χ0n) is 34.0. The van der Waals surface area contributed by atoms with Crippen molar-refractivity contribution in [1.82, 2.24) is 19.1 Å². The average Bonchev–Trinajstić information content (AvgIpc) is 4.01. The SMILES string of the molecule is c1ccc(-c2cc(-c3ccccc3)nc(-n3c4ccccc4c4cc(-c5ccc6c(c5)c5ccccc5n6-c5ccc(-c6ccc7oc8ccccc8c7c6)cc5)ccc43)n2)cc1. The molecule has 0 aliphatic carbocycles. The fraction of sp³-hybridized carbons (Fsp3) is 0.